The van der Waals surface area contributed by atoms with Crippen molar-refractivity contribution in [3.63, 3.8) is 0 Å². The lowest BCUT2D eigenvalue weighted by atomic mass is 10.2. The summed E-state index contributed by atoms with van der Waals surface area (Å²) in [5.41, 5.74) is 0. The highest BCUT2D eigenvalue weighted by atomic mass is 16.2. The van der Waals surface area contributed by atoms with Gasteiger partial charge in [0.05, 0.1) is 0 Å². The molecular formula is C11H17NO3. The van der Waals surface area contributed by atoms with Crippen molar-refractivity contribution >= 4 is 18.0 Å². The number of nitrogens with zero attached hydrogens (tertiary/aromatic N) is 1. The van der Waals surface area contributed by atoms with Gasteiger partial charge in [-0.3, -0.25) is 9.59 Å². The van der Waals surface area contributed by atoms with Gasteiger partial charge in [0.2, 0.25) is 5.91 Å². The van der Waals surface area contributed by atoms with Crippen LogP contribution in [-0.2, 0) is 14.4 Å². The van der Waals surface area contributed by atoms with E-state index < -0.39 is 0 Å². The predicted molar refractivity (Wildman–Crippen MR) is 57.4 cm³/mol. The molecule has 0 fully saturated rings. The smallest absolute Gasteiger partial charge is 0.246 e. The van der Waals surface area contributed by atoms with Crippen LogP contribution in [0.1, 0.15) is 26.2 Å². The maximum atomic E-state index is 11.2. The summed E-state index contributed by atoms with van der Waals surface area (Å²) < 4.78 is 0. The highest BCUT2D eigenvalue weighted by Crippen LogP contribution is 1.98. The fourth-order valence-electron chi connectivity index (χ4n) is 1.08. The summed E-state index contributed by atoms with van der Waals surface area (Å²) in [6, 6.07) is 0. The number of ketones is 1. The molecule has 0 aliphatic heterocycles. The van der Waals surface area contributed by atoms with Gasteiger partial charge in [0.1, 0.15) is 12.1 Å². The van der Waals surface area contributed by atoms with Crippen LogP contribution in [0.3, 0.4) is 0 Å². The Hall–Kier alpha value is -1.45. The molecule has 0 heterocycles. The molecule has 0 aromatic rings. The number of Topliss-reactive ketones (excluding diaryl/α,β-unsaturated/α-hetero) is 1. The van der Waals surface area contributed by atoms with Gasteiger partial charge in [0.15, 0.2) is 0 Å². The fraction of sp³-hybridized carbons (Fsp3) is 0.545. The summed E-state index contributed by atoms with van der Waals surface area (Å²) in [6.07, 6.45) is 5.14. The van der Waals surface area contributed by atoms with Gasteiger partial charge in [0.25, 0.3) is 0 Å². The van der Waals surface area contributed by atoms with Crippen LogP contribution in [0.25, 0.3) is 0 Å². The van der Waals surface area contributed by atoms with Crippen molar-refractivity contribution in [1.29, 1.82) is 0 Å². The maximum Gasteiger partial charge on any atom is 0.246 e. The Bertz CT molecular complexity index is 259. The Morgan fingerprint density at radius 2 is 1.93 bits per heavy atom. The van der Waals surface area contributed by atoms with E-state index in [9.17, 15) is 14.4 Å². The van der Waals surface area contributed by atoms with E-state index in [4.69, 9.17) is 0 Å². The number of amides is 1. The van der Waals surface area contributed by atoms with E-state index >= 15 is 0 Å². The minimum absolute atomic E-state index is 0.171. The average Bonchev–Trinajstić information content (AvgIpc) is 2.20. The molecule has 0 N–H and O–H groups in total. The molecule has 4 nitrogen and oxygen atoms in total. The molecule has 0 radical (unpaired) electrons. The lowest BCUT2D eigenvalue weighted by Gasteiger charge is -2.14. The number of likely N-dealkylation sites (N-methyl/N-ethyl adjacent to an activating group) is 1. The van der Waals surface area contributed by atoms with E-state index in [1.165, 1.54) is 17.1 Å². The molecule has 0 rings (SSSR count). The molecule has 0 aromatic carbocycles. The second-order valence-corrected chi connectivity index (χ2v) is 3.41. The van der Waals surface area contributed by atoms with Gasteiger partial charge < -0.3 is 9.69 Å². The molecule has 15 heavy (non-hydrogen) atoms. The number of hydrogen-bond acceptors (Lipinski definition) is 3. The number of unbranched alkanes of at least 4 members (excludes halogenated alkanes) is 1. The Labute approximate surface area is 89.9 Å². The van der Waals surface area contributed by atoms with Crippen LogP contribution in [-0.4, -0.2) is 36.5 Å². The van der Waals surface area contributed by atoms with Gasteiger partial charge in [-0.15, -0.1) is 0 Å². The first-order valence-electron chi connectivity index (χ1n) is 4.94. The normalized spacial score (nSPS) is 10.3. The van der Waals surface area contributed by atoms with Crippen LogP contribution in [0, 0.1) is 0 Å². The molecule has 0 atom stereocenters. The highest BCUT2D eigenvalue weighted by molar-refractivity contribution is 5.90. The van der Waals surface area contributed by atoms with Crippen molar-refractivity contribution in [1.82, 2.24) is 4.90 Å². The number of rotatable bonds is 7. The monoisotopic (exact) mass is 211 g/mol. The van der Waals surface area contributed by atoms with E-state index in [2.05, 4.69) is 0 Å². The number of carbonyl (C=O) groups excluding carboxylic acids is 3. The molecule has 1 amide bonds. The summed E-state index contributed by atoms with van der Waals surface area (Å²) in [6.45, 7) is 2.16. The minimum atomic E-state index is -0.190. The van der Waals surface area contributed by atoms with Crippen LogP contribution in [0.5, 0.6) is 0 Å². The first kappa shape index (κ1) is 13.5. The zero-order valence-corrected chi connectivity index (χ0v) is 9.23. The Morgan fingerprint density at radius 1 is 1.27 bits per heavy atom. The molecule has 0 unspecified atom stereocenters. The summed E-state index contributed by atoms with van der Waals surface area (Å²) in [7, 11) is 1.67. The van der Waals surface area contributed by atoms with Crippen molar-refractivity contribution in [3.05, 3.63) is 12.2 Å². The summed E-state index contributed by atoms with van der Waals surface area (Å²) in [4.78, 5) is 33.4. The Balaban J connectivity index is 3.68. The van der Waals surface area contributed by atoms with Gasteiger partial charge in [-0.05, 0) is 25.8 Å². The van der Waals surface area contributed by atoms with Gasteiger partial charge in [-0.25, -0.2) is 0 Å². The molecular weight excluding hydrogens is 194 g/mol. The standard InChI is InChI=1S/C11H17NO3/c1-10(14)6-3-4-8-12(2)11(15)7-5-9-13/h5,7,9H,3-4,6,8H2,1-2H3/b7-5-. The first-order valence-corrected chi connectivity index (χ1v) is 4.94. The number of allylic oxidation sites excluding steroid dienone is 1. The van der Waals surface area contributed by atoms with E-state index in [1.807, 2.05) is 0 Å². The lowest BCUT2D eigenvalue weighted by molar-refractivity contribution is -0.125. The predicted octanol–water partition coefficient (Wildman–Crippen LogP) is 0.959. The third-order valence-corrected chi connectivity index (χ3v) is 1.97. The number of aldehydes is 1. The van der Waals surface area contributed by atoms with E-state index in [1.54, 1.807) is 14.0 Å². The van der Waals surface area contributed by atoms with Crippen molar-refractivity contribution in [2.24, 2.45) is 0 Å². The van der Waals surface area contributed by atoms with Crippen LogP contribution in [0.2, 0.25) is 0 Å². The topological polar surface area (TPSA) is 54.5 Å². The SMILES string of the molecule is CC(=O)CCCCN(C)C(=O)/C=C\C=O. The van der Waals surface area contributed by atoms with Gasteiger partial charge in [0, 0.05) is 26.1 Å². The number of hydrogen-bond donors (Lipinski definition) is 0. The molecule has 0 spiro atoms. The first-order chi connectivity index (χ1) is 7.07. The Morgan fingerprint density at radius 3 is 2.47 bits per heavy atom. The van der Waals surface area contributed by atoms with E-state index in [0.29, 0.717) is 19.3 Å². The van der Waals surface area contributed by atoms with Crippen molar-refractivity contribution in [3.8, 4) is 0 Å². The third kappa shape index (κ3) is 7.61. The van der Waals surface area contributed by atoms with Crippen LogP contribution < -0.4 is 0 Å². The maximum absolute atomic E-state index is 11.2. The average molecular weight is 211 g/mol. The Kier molecular flexibility index (Phi) is 7.14. The number of carbonyl (C=O) groups is 3. The van der Waals surface area contributed by atoms with Crippen LogP contribution >= 0.6 is 0 Å². The molecule has 0 aromatic heterocycles. The summed E-state index contributed by atoms with van der Waals surface area (Å²) in [5.74, 6) is -0.0187. The highest BCUT2D eigenvalue weighted by Gasteiger charge is 2.03. The lowest BCUT2D eigenvalue weighted by Crippen LogP contribution is -2.25. The van der Waals surface area contributed by atoms with Crippen LogP contribution in [0.15, 0.2) is 12.2 Å². The van der Waals surface area contributed by atoms with Crippen molar-refractivity contribution in [2.45, 2.75) is 26.2 Å². The molecule has 84 valence electrons. The second kappa shape index (κ2) is 7.91. The summed E-state index contributed by atoms with van der Waals surface area (Å²) >= 11 is 0. The largest absolute Gasteiger partial charge is 0.342 e. The van der Waals surface area contributed by atoms with Gasteiger partial charge >= 0.3 is 0 Å². The van der Waals surface area contributed by atoms with Crippen molar-refractivity contribution in [2.75, 3.05) is 13.6 Å². The third-order valence-electron chi connectivity index (χ3n) is 1.97. The van der Waals surface area contributed by atoms with Gasteiger partial charge in [-0.1, -0.05) is 0 Å². The zero-order valence-electron chi connectivity index (χ0n) is 9.23. The molecule has 0 saturated heterocycles. The van der Waals surface area contributed by atoms with Gasteiger partial charge in [-0.2, -0.15) is 0 Å². The van der Waals surface area contributed by atoms with Crippen LogP contribution in [0.4, 0.5) is 0 Å². The van der Waals surface area contributed by atoms with Crippen molar-refractivity contribution < 1.29 is 14.4 Å². The molecule has 4 heteroatoms. The molecule has 0 aliphatic rings. The molecule has 0 bridgehead atoms. The fourth-order valence-corrected chi connectivity index (χ4v) is 1.08. The van der Waals surface area contributed by atoms with E-state index in [0.717, 1.165) is 12.8 Å². The second-order valence-electron chi connectivity index (χ2n) is 3.41. The summed E-state index contributed by atoms with van der Waals surface area (Å²) in [5, 5.41) is 0. The molecule has 0 aliphatic carbocycles. The minimum Gasteiger partial charge on any atom is -0.342 e. The quantitative estimate of drug-likeness (QED) is 0.358. The van der Waals surface area contributed by atoms with E-state index in [-0.39, 0.29) is 11.7 Å². The zero-order chi connectivity index (χ0) is 11.7. The molecule has 0 saturated carbocycles.